The van der Waals surface area contributed by atoms with E-state index in [2.05, 4.69) is 32.7 Å². The highest BCUT2D eigenvalue weighted by atomic mass is 79.9. The van der Waals surface area contributed by atoms with Gasteiger partial charge in [-0.15, -0.1) is 0 Å². The highest BCUT2D eigenvalue weighted by Gasteiger charge is 2.34. The summed E-state index contributed by atoms with van der Waals surface area (Å²) in [5.74, 6) is 6.04. The molecule has 0 amide bonds. The van der Waals surface area contributed by atoms with Crippen LogP contribution in [0.5, 0.6) is 5.75 Å². The number of rotatable bonds is 2. The fourth-order valence-corrected chi connectivity index (χ4v) is 3.73. The topological polar surface area (TPSA) is 39.2 Å². The minimum atomic E-state index is -0.479. The van der Waals surface area contributed by atoms with Gasteiger partial charge in [-0.2, -0.15) is 0 Å². The summed E-state index contributed by atoms with van der Waals surface area (Å²) in [5.41, 5.74) is 1.47. The van der Waals surface area contributed by atoms with Gasteiger partial charge in [-0.1, -0.05) is 11.8 Å². The Bertz CT molecular complexity index is 735. The second-order valence-electron chi connectivity index (χ2n) is 7.14. The maximum Gasteiger partial charge on any atom is 0.376 e. The lowest BCUT2D eigenvalue weighted by molar-refractivity contribution is 0.0780. The lowest BCUT2D eigenvalue weighted by Gasteiger charge is -2.40. The van der Waals surface area contributed by atoms with Crippen molar-refractivity contribution in [1.82, 2.24) is 14.6 Å². The van der Waals surface area contributed by atoms with Gasteiger partial charge in [-0.3, -0.25) is 9.80 Å². The van der Waals surface area contributed by atoms with Crippen molar-refractivity contribution in [2.24, 2.45) is 0 Å². The highest BCUT2D eigenvalue weighted by Crippen LogP contribution is 2.35. The van der Waals surface area contributed by atoms with Gasteiger partial charge in [-0.05, 0) is 42.9 Å². The van der Waals surface area contributed by atoms with Crippen LogP contribution in [0.25, 0.3) is 0 Å². The molecule has 1 atom stereocenters. The molecule has 2 heterocycles. The minimum absolute atomic E-state index is 0.132. The zero-order valence-corrected chi connectivity index (χ0v) is 17.0. The van der Waals surface area contributed by atoms with Crippen molar-refractivity contribution in [3.8, 4) is 17.6 Å². The highest BCUT2D eigenvalue weighted by molar-refractivity contribution is 9.10. The van der Waals surface area contributed by atoms with Crippen LogP contribution in [0.15, 0.2) is 10.5 Å². The lowest BCUT2D eigenvalue weighted by atomic mass is 9.83. The van der Waals surface area contributed by atoms with Crippen LogP contribution in [-0.4, -0.2) is 79.6 Å². The standard InChI is InChI=1S/C18H24BBrFN3O2/c1-19(25)24-8-7-23-10-14-9-13(5-4-6-22(2)3)16(20)17(21)18(14)26-12-15(23)11-24/h9,15,25H,6-8,10-12H2,1-3H3/t15-/m1/s1. The Morgan fingerprint density at radius 3 is 2.92 bits per heavy atom. The molecule has 8 heteroatoms. The van der Waals surface area contributed by atoms with E-state index in [-0.39, 0.29) is 11.9 Å². The molecule has 2 aliphatic rings. The van der Waals surface area contributed by atoms with Crippen LogP contribution in [0.4, 0.5) is 4.39 Å². The van der Waals surface area contributed by atoms with Gasteiger partial charge < -0.3 is 14.6 Å². The van der Waals surface area contributed by atoms with E-state index in [1.165, 1.54) is 0 Å². The smallest absolute Gasteiger partial charge is 0.376 e. The predicted octanol–water partition coefficient (Wildman–Crippen LogP) is 1.49. The van der Waals surface area contributed by atoms with Crippen LogP contribution in [0.2, 0.25) is 6.82 Å². The van der Waals surface area contributed by atoms with Crippen LogP contribution in [0.3, 0.4) is 0 Å². The predicted molar refractivity (Wildman–Crippen MR) is 105 cm³/mol. The van der Waals surface area contributed by atoms with Crippen molar-refractivity contribution in [1.29, 1.82) is 0 Å². The van der Waals surface area contributed by atoms with Gasteiger partial charge in [0.25, 0.3) is 0 Å². The molecular weight excluding hydrogens is 400 g/mol. The molecule has 26 heavy (non-hydrogen) atoms. The van der Waals surface area contributed by atoms with E-state index in [0.717, 1.165) is 18.7 Å². The van der Waals surface area contributed by atoms with Crippen molar-refractivity contribution in [2.45, 2.75) is 19.4 Å². The fraction of sp³-hybridized carbons (Fsp3) is 0.556. The average molecular weight is 424 g/mol. The summed E-state index contributed by atoms with van der Waals surface area (Å²) in [6.45, 7) is 5.74. The first-order valence-electron chi connectivity index (χ1n) is 8.80. The molecule has 0 bridgehead atoms. The van der Waals surface area contributed by atoms with Crippen molar-refractivity contribution in [3.63, 3.8) is 0 Å². The molecule has 0 saturated carbocycles. The molecule has 1 aromatic carbocycles. The van der Waals surface area contributed by atoms with Crippen LogP contribution < -0.4 is 4.74 Å². The first-order chi connectivity index (χ1) is 12.4. The monoisotopic (exact) mass is 423 g/mol. The zero-order valence-electron chi connectivity index (χ0n) is 15.4. The third kappa shape index (κ3) is 4.24. The number of piperazine rings is 1. The first kappa shape index (κ1) is 19.7. The van der Waals surface area contributed by atoms with Crippen LogP contribution in [-0.2, 0) is 6.54 Å². The van der Waals surface area contributed by atoms with Crippen molar-refractivity contribution in [3.05, 3.63) is 27.5 Å². The Balaban J connectivity index is 1.86. The van der Waals surface area contributed by atoms with Crippen LogP contribution >= 0.6 is 15.9 Å². The van der Waals surface area contributed by atoms with E-state index >= 15 is 0 Å². The second kappa shape index (κ2) is 8.28. The third-order valence-electron chi connectivity index (χ3n) is 4.82. The number of hydrogen-bond donors (Lipinski definition) is 1. The van der Waals surface area contributed by atoms with Crippen molar-refractivity contribution < 1.29 is 14.2 Å². The van der Waals surface area contributed by atoms with Crippen molar-refractivity contribution in [2.75, 3.05) is 46.9 Å². The third-order valence-corrected chi connectivity index (χ3v) is 5.59. The van der Waals surface area contributed by atoms with Crippen LogP contribution in [0.1, 0.15) is 11.1 Å². The van der Waals surface area contributed by atoms with Gasteiger partial charge in [0.1, 0.15) is 6.61 Å². The molecule has 3 rings (SSSR count). The zero-order chi connectivity index (χ0) is 18.8. The number of ether oxygens (including phenoxy) is 1. The largest absolute Gasteiger partial charge is 0.488 e. The molecular formula is C18H24BBrFN3O2. The maximum absolute atomic E-state index is 14.9. The summed E-state index contributed by atoms with van der Waals surface area (Å²) < 4.78 is 21.1. The fourth-order valence-electron chi connectivity index (χ4n) is 3.34. The number of fused-ring (bicyclic) bond motifs is 2. The quantitative estimate of drug-likeness (QED) is 0.576. The molecule has 2 aliphatic heterocycles. The van der Waals surface area contributed by atoms with Crippen LogP contribution in [0, 0.1) is 17.7 Å². The molecule has 0 spiro atoms. The maximum atomic E-state index is 14.9. The number of hydrogen-bond acceptors (Lipinski definition) is 5. The molecule has 5 nitrogen and oxygen atoms in total. The summed E-state index contributed by atoms with van der Waals surface area (Å²) in [4.78, 5) is 6.29. The summed E-state index contributed by atoms with van der Waals surface area (Å²) in [7, 11) is 3.41. The van der Waals surface area contributed by atoms with Gasteiger partial charge in [0.2, 0.25) is 0 Å². The normalized spacial score (nSPS) is 20.5. The van der Waals surface area contributed by atoms with Gasteiger partial charge in [-0.25, -0.2) is 4.39 Å². The Labute approximate surface area is 163 Å². The number of benzene rings is 1. The molecule has 1 saturated heterocycles. The lowest BCUT2D eigenvalue weighted by Crippen LogP contribution is -2.57. The van der Waals surface area contributed by atoms with Crippen molar-refractivity contribution >= 4 is 23.0 Å². The van der Waals surface area contributed by atoms with E-state index in [9.17, 15) is 9.41 Å². The first-order valence-corrected chi connectivity index (χ1v) is 9.59. The molecule has 0 unspecified atom stereocenters. The summed E-state index contributed by atoms with van der Waals surface area (Å²) in [5, 5.41) is 9.83. The molecule has 1 N–H and O–H groups in total. The SMILES string of the molecule is CB(O)N1CCN2Cc3cc(C#CCN(C)C)c(Br)c(F)c3OC[C@H]2C1. The van der Waals surface area contributed by atoms with E-state index in [1.54, 1.807) is 6.82 Å². The molecule has 1 fully saturated rings. The van der Waals surface area contributed by atoms with Gasteiger partial charge in [0, 0.05) is 37.3 Å². The van der Waals surface area contributed by atoms with E-state index in [1.807, 2.05) is 29.9 Å². The van der Waals surface area contributed by atoms with Gasteiger partial charge in [0.05, 0.1) is 17.1 Å². The minimum Gasteiger partial charge on any atom is -0.488 e. The van der Waals surface area contributed by atoms with Gasteiger partial charge in [0.15, 0.2) is 11.6 Å². The Morgan fingerprint density at radius 2 is 2.23 bits per heavy atom. The molecule has 140 valence electrons. The molecule has 0 aliphatic carbocycles. The van der Waals surface area contributed by atoms with Gasteiger partial charge >= 0.3 is 7.05 Å². The Kier molecular flexibility index (Phi) is 6.26. The molecule has 0 aromatic heterocycles. The molecule has 0 radical (unpaired) electrons. The van der Waals surface area contributed by atoms with E-state index in [4.69, 9.17) is 4.74 Å². The molecule has 1 aromatic rings. The summed E-state index contributed by atoms with van der Waals surface area (Å²) >= 11 is 3.33. The Hall–Kier alpha value is -1.11. The summed E-state index contributed by atoms with van der Waals surface area (Å²) in [6.07, 6.45) is 0. The number of nitrogens with zero attached hydrogens (tertiary/aromatic N) is 3. The number of halogens is 2. The second-order valence-corrected chi connectivity index (χ2v) is 7.94. The summed E-state index contributed by atoms with van der Waals surface area (Å²) in [6, 6.07) is 2.06. The van der Waals surface area contributed by atoms with E-state index in [0.29, 0.717) is 42.0 Å². The average Bonchev–Trinajstić information content (AvgIpc) is 2.77. The Morgan fingerprint density at radius 1 is 1.46 bits per heavy atom. The van der Waals surface area contributed by atoms with E-state index < -0.39 is 7.05 Å².